The predicted molar refractivity (Wildman–Crippen MR) is 88.6 cm³/mol. The number of rotatable bonds is 7. The number of benzene rings is 1. The maximum Gasteiger partial charge on any atom is 0.239 e. The molecule has 1 aromatic rings. The van der Waals surface area contributed by atoms with Crippen molar-refractivity contribution in [1.82, 2.24) is 10.6 Å². The summed E-state index contributed by atoms with van der Waals surface area (Å²) >= 11 is 0. The molecule has 0 aromatic heterocycles. The summed E-state index contributed by atoms with van der Waals surface area (Å²) in [5, 5.41) is 15.6. The Bertz CT molecular complexity index is 566. The fourth-order valence-corrected chi connectivity index (χ4v) is 2.97. The van der Waals surface area contributed by atoms with Gasteiger partial charge in [0.1, 0.15) is 11.4 Å². The zero-order valence-corrected chi connectivity index (χ0v) is 14.0. The van der Waals surface area contributed by atoms with Crippen LogP contribution in [-0.4, -0.2) is 30.0 Å². The minimum absolute atomic E-state index is 0.0179. The Morgan fingerprint density at radius 3 is 2.42 bits per heavy atom. The lowest BCUT2D eigenvalue weighted by Gasteiger charge is -2.24. The highest BCUT2D eigenvalue weighted by atomic mass is 19.1. The Morgan fingerprint density at radius 1 is 1.17 bits per heavy atom. The van der Waals surface area contributed by atoms with Crippen LogP contribution < -0.4 is 10.6 Å². The number of halogens is 1. The molecule has 2 amide bonds. The van der Waals surface area contributed by atoms with Crippen molar-refractivity contribution in [3.63, 3.8) is 0 Å². The van der Waals surface area contributed by atoms with Gasteiger partial charge in [-0.1, -0.05) is 25.0 Å². The van der Waals surface area contributed by atoms with E-state index in [4.69, 9.17) is 0 Å². The smallest absolute Gasteiger partial charge is 0.239 e. The lowest BCUT2D eigenvalue weighted by Crippen LogP contribution is -2.43. The fraction of sp³-hybridized carbons (Fsp3) is 0.556. The standard InChI is InChI=1S/C18H25FN2O3/c1-18(24,14-6-8-15(19)9-7-14)12-21-17(23)11-20-16(22)10-13-4-2-3-5-13/h6-9,13,24H,2-5,10-12H2,1H3,(H,20,22)(H,21,23). The lowest BCUT2D eigenvalue weighted by atomic mass is 9.96. The van der Waals surface area contributed by atoms with Crippen molar-refractivity contribution in [1.29, 1.82) is 0 Å². The molecule has 1 aromatic carbocycles. The Hall–Kier alpha value is -1.95. The second-order valence-corrected chi connectivity index (χ2v) is 6.69. The lowest BCUT2D eigenvalue weighted by molar-refractivity contribution is -0.127. The second-order valence-electron chi connectivity index (χ2n) is 6.69. The van der Waals surface area contributed by atoms with Crippen LogP contribution in [0.1, 0.15) is 44.6 Å². The third-order valence-electron chi connectivity index (χ3n) is 4.49. The SMILES string of the molecule is CC(O)(CNC(=O)CNC(=O)CC1CCCC1)c1ccc(F)cc1. The molecule has 132 valence electrons. The molecule has 1 fully saturated rings. The van der Waals surface area contributed by atoms with E-state index in [1.54, 1.807) is 6.92 Å². The summed E-state index contributed by atoms with van der Waals surface area (Å²) in [6.45, 7) is 1.42. The van der Waals surface area contributed by atoms with E-state index in [9.17, 15) is 19.1 Å². The van der Waals surface area contributed by atoms with Gasteiger partial charge in [0, 0.05) is 6.42 Å². The minimum Gasteiger partial charge on any atom is -0.384 e. The number of nitrogens with one attached hydrogen (secondary N) is 2. The van der Waals surface area contributed by atoms with Gasteiger partial charge in [-0.05, 0) is 43.4 Å². The van der Waals surface area contributed by atoms with Crippen molar-refractivity contribution >= 4 is 11.8 Å². The van der Waals surface area contributed by atoms with Crippen molar-refractivity contribution < 1.29 is 19.1 Å². The summed E-state index contributed by atoms with van der Waals surface area (Å²) in [4.78, 5) is 23.6. The molecule has 0 saturated heterocycles. The third-order valence-corrected chi connectivity index (χ3v) is 4.49. The van der Waals surface area contributed by atoms with Crippen LogP contribution in [-0.2, 0) is 15.2 Å². The van der Waals surface area contributed by atoms with Crippen LogP contribution in [0.15, 0.2) is 24.3 Å². The number of carbonyl (C=O) groups excluding carboxylic acids is 2. The Labute approximate surface area is 141 Å². The Morgan fingerprint density at radius 2 is 1.79 bits per heavy atom. The summed E-state index contributed by atoms with van der Waals surface area (Å²) in [5.74, 6) is -0.421. The number of carbonyl (C=O) groups is 2. The highest BCUT2D eigenvalue weighted by Crippen LogP contribution is 2.27. The van der Waals surface area contributed by atoms with Gasteiger partial charge in [0.05, 0.1) is 13.1 Å². The summed E-state index contributed by atoms with van der Waals surface area (Å²) in [6.07, 6.45) is 4.99. The topological polar surface area (TPSA) is 78.4 Å². The van der Waals surface area contributed by atoms with Crippen LogP contribution >= 0.6 is 0 Å². The maximum absolute atomic E-state index is 12.9. The van der Waals surface area contributed by atoms with Crippen LogP contribution in [0.25, 0.3) is 0 Å². The summed E-state index contributed by atoms with van der Waals surface area (Å²) in [6, 6.07) is 5.47. The van der Waals surface area contributed by atoms with Gasteiger partial charge in [-0.25, -0.2) is 4.39 Å². The van der Waals surface area contributed by atoms with E-state index < -0.39 is 5.60 Å². The van der Waals surface area contributed by atoms with Crippen molar-refractivity contribution in [3.05, 3.63) is 35.6 Å². The van der Waals surface area contributed by atoms with E-state index >= 15 is 0 Å². The minimum atomic E-state index is -1.31. The molecular formula is C18H25FN2O3. The van der Waals surface area contributed by atoms with E-state index in [2.05, 4.69) is 10.6 Å². The Balaban J connectivity index is 1.71. The molecule has 0 radical (unpaired) electrons. The zero-order chi connectivity index (χ0) is 17.6. The molecule has 5 nitrogen and oxygen atoms in total. The predicted octanol–water partition coefficient (Wildman–Crippen LogP) is 1.85. The zero-order valence-electron chi connectivity index (χ0n) is 14.0. The third kappa shape index (κ3) is 5.60. The molecule has 1 saturated carbocycles. The monoisotopic (exact) mass is 336 g/mol. The van der Waals surface area contributed by atoms with Gasteiger partial charge in [0.2, 0.25) is 11.8 Å². The summed E-state index contributed by atoms with van der Waals surface area (Å²) < 4.78 is 12.9. The number of hydrogen-bond donors (Lipinski definition) is 3. The average molecular weight is 336 g/mol. The van der Waals surface area contributed by atoms with E-state index in [1.807, 2.05) is 0 Å². The van der Waals surface area contributed by atoms with Gasteiger partial charge in [0.25, 0.3) is 0 Å². The molecular weight excluding hydrogens is 311 g/mol. The van der Waals surface area contributed by atoms with Gasteiger partial charge >= 0.3 is 0 Å². The van der Waals surface area contributed by atoms with Crippen LogP contribution in [0.2, 0.25) is 0 Å². The van der Waals surface area contributed by atoms with Gasteiger partial charge in [0.15, 0.2) is 0 Å². The molecule has 1 aliphatic rings. The molecule has 1 aliphatic carbocycles. The maximum atomic E-state index is 12.9. The normalized spacial score (nSPS) is 17.3. The molecule has 24 heavy (non-hydrogen) atoms. The number of amides is 2. The molecule has 0 bridgehead atoms. The largest absolute Gasteiger partial charge is 0.384 e. The number of hydrogen-bond acceptors (Lipinski definition) is 3. The van der Waals surface area contributed by atoms with Crippen LogP contribution in [0.5, 0.6) is 0 Å². The molecule has 0 aliphatic heterocycles. The second kappa shape index (κ2) is 8.24. The summed E-state index contributed by atoms with van der Waals surface area (Å²) in [5.41, 5.74) is -0.800. The first-order valence-corrected chi connectivity index (χ1v) is 8.38. The van der Waals surface area contributed by atoms with Crippen LogP contribution in [0.4, 0.5) is 4.39 Å². The van der Waals surface area contributed by atoms with Crippen molar-refractivity contribution in [2.24, 2.45) is 5.92 Å². The van der Waals surface area contributed by atoms with Crippen LogP contribution in [0.3, 0.4) is 0 Å². The van der Waals surface area contributed by atoms with E-state index in [1.165, 1.54) is 37.1 Å². The highest BCUT2D eigenvalue weighted by Gasteiger charge is 2.24. The van der Waals surface area contributed by atoms with E-state index in [0.717, 1.165) is 12.8 Å². The van der Waals surface area contributed by atoms with Gasteiger partial charge in [-0.15, -0.1) is 0 Å². The fourth-order valence-electron chi connectivity index (χ4n) is 2.97. The van der Waals surface area contributed by atoms with Crippen molar-refractivity contribution in [2.45, 2.75) is 44.6 Å². The molecule has 0 heterocycles. The quantitative estimate of drug-likeness (QED) is 0.711. The van der Waals surface area contributed by atoms with Crippen molar-refractivity contribution in [2.75, 3.05) is 13.1 Å². The highest BCUT2D eigenvalue weighted by molar-refractivity contribution is 5.84. The number of aliphatic hydroxyl groups is 1. The van der Waals surface area contributed by atoms with Gasteiger partial charge in [-0.3, -0.25) is 9.59 Å². The first kappa shape index (κ1) is 18.4. The van der Waals surface area contributed by atoms with Gasteiger partial charge in [-0.2, -0.15) is 0 Å². The Kier molecular flexibility index (Phi) is 6.31. The molecule has 1 atom stereocenters. The van der Waals surface area contributed by atoms with Gasteiger partial charge < -0.3 is 15.7 Å². The van der Waals surface area contributed by atoms with E-state index in [0.29, 0.717) is 17.9 Å². The molecule has 0 spiro atoms. The molecule has 3 N–H and O–H groups in total. The molecule has 6 heteroatoms. The summed E-state index contributed by atoms with van der Waals surface area (Å²) in [7, 11) is 0. The van der Waals surface area contributed by atoms with E-state index in [-0.39, 0.29) is 30.7 Å². The molecule has 1 unspecified atom stereocenters. The average Bonchev–Trinajstić information content (AvgIpc) is 3.04. The first-order chi connectivity index (χ1) is 11.4. The first-order valence-electron chi connectivity index (χ1n) is 8.38. The van der Waals surface area contributed by atoms with Crippen LogP contribution in [0, 0.1) is 11.7 Å². The molecule has 2 rings (SSSR count). The van der Waals surface area contributed by atoms with Crippen molar-refractivity contribution in [3.8, 4) is 0 Å².